The Balaban J connectivity index is 1.68. The summed E-state index contributed by atoms with van der Waals surface area (Å²) in [6.45, 7) is 4.22. The van der Waals surface area contributed by atoms with E-state index in [9.17, 15) is 14.4 Å². The minimum atomic E-state index is -0.854. The number of methoxy groups -OCH3 is 2. The number of aliphatic carboxylic acids is 1. The first-order valence-electron chi connectivity index (χ1n) is 12.6. The maximum Gasteiger partial charge on any atom is 0.342 e. The predicted octanol–water partition coefficient (Wildman–Crippen LogP) is 5.22. The minimum Gasteiger partial charge on any atom is -0.497 e. The van der Waals surface area contributed by atoms with E-state index >= 15 is 0 Å². The van der Waals surface area contributed by atoms with Gasteiger partial charge in [-0.2, -0.15) is 0 Å². The van der Waals surface area contributed by atoms with E-state index < -0.39 is 11.9 Å². The molecule has 0 spiro atoms. The molecule has 2 aromatic carbocycles. The molecule has 0 atom stereocenters. The van der Waals surface area contributed by atoms with Crippen molar-refractivity contribution >= 4 is 23.5 Å². The Kier molecular flexibility index (Phi) is 10.2. The van der Waals surface area contributed by atoms with Gasteiger partial charge in [-0.1, -0.05) is 17.7 Å². The van der Waals surface area contributed by atoms with Gasteiger partial charge in [-0.25, -0.2) is 4.79 Å². The second-order valence-electron chi connectivity index (χ2n) is 9.13. The fraction of sp³-hybridized carbons (Fsp3) is 0.414. The lowest BCUT2D eigenvalue weighted by Gasteiger charge is -2.19. The molecular formula is C29H35NO8. The third kappa shape index (κ3) is 7.27. The average Bonchev–Trinajstić information content (AvgIpc) is 3.28. The third-order valence-corrected chi connectivity index (χ3v) is 6.41. The van der Waals surface area contributed by atoms with Crippen LogP contribution in [0.25, 0.3) is 0 Å². The van der Waals surface area contributed by atoms with Crippen molar-refractivity contribution in [3.05, 3.63) is 58.2 Å². The number of amides is 1. The fourth-order valence-corrected chi connectivity index (χ4v) is 4.34. The maximum absolute atomic E-state index is 12.6. The molecule has 9 nitrogen and oxygen atoms in total. The van der Waals surface area contributed by atoms with Gasteiger partial charge in [-0.05, 0) is 57.2 Å². The van der Waals surface area contributed by atoms with E-state index in [2.05, 4.69) is 5.32 Å². The molecule has 1 aliphatic rings. The van der Waals surface area contributed by atoms with E-state index in [-0.39, 0.29) is 18.9 Å². The van der Waals surface area contributed by atoms with Crippen molar-refractivity contribution in [3.8, 4) is 17.2 Å². The van der Waals surface area contributed by atoms with Crippen molar-refractivity contribution in [2.24, 2.45) is 0 Å². The predicted molar refractivity (Wildman–Crippen MR) is 142 cm³/mol. The molecule has 0 aromatic heterocycles. The first-order valence-corrected chi connectivity index (χ1v) is 12.6. The Morgan fingerprint density at radius 3 is 2.61 bits per heavy atom. The normalized spacial score (nSPS) is 12.5. The molecule has 9 heteroatoms. The van der Waals surface area contributed by atoms with Crippen LogP contribution < -0.4 is 19.5 Å². The monoisotopic (exact) mass is 525 g/mol. The van der Waals surface area contributed by atoms with Crippen molar-refractivity contribution in [3.63, 3.8) is 0 Å². The number of carboxylic acids is 1. The van der Waals surface area contributed by atoms with E-state index in [0.717, 1.165) is 16.7 Å². The Bertz CT molecular complexity index is 1220. The number of ether oxygens (including phenoxy) is 4. The first kappa shape index (κ1) is 28.6. The number of carbonyl (C=O) groups is 3. The minimum absolute atomic E-state index is 0.0454. The summed E-state index contributed by atoms with van der Waals surface area (Å²) in [6.07, 6.45) is 4.32. The van der Waals surface area contributed by atoms with E-state index in [4.69, 9.17) is 24.1 Å². The molecule has 1 amide bonds. The number of carbonyl (C=O) groups excluding carboxylic acids is 2. The molecule has 0 saturated carbocycles. The molecule has 0 radical (unpaired) electrons. The highest BCUT2D eigenvalue weighted by molar-refractivity contribution is 5.98. The van der Waals surface area contributed by atoms with Crippen LogP contribution in [-0.4, -0.2) is 43.8 Å². The number of fused-ring (bicyclic) bond motifs is 1. The Hall–Kier alpha value is -4.01. The van der Waals surface area contributed by atoms with Gasteiger partial charge in [-0.3, -0.25) is 9.59 Å². The van der Waals surface area contributed by atoms with Crippen LogP contribution in [-0.2, 0) is 27.4 Å². The second kappa shape index (κ2) is 13.5. The van der Waals surface area contributed by atoms with Crippen LogP contribution in [0.4, 0.5) is 5.69 Å². The zero-order valence-corrected chi connectivity index (χ0v) is 22.3. The maximum atomic E-state index is 12.6. The standard InChI is InChI=1S/C29H35NO8/c1-18(12-14-25(32)33)11-13-22-27(36-4)19(2)23-17-38-29(34)26(23)28(22)37-15-6-5-10-24(31)30-20-8-7-9-21(16-20)35-3/h7-9,11,16H,5-6,10,12-15,17H2,1-4H3,(H,30,31)(H,32,33). The van der Waals surface area contributed by atoms with Gasteiger partial charge in [0.1, 0.15) is 29.4 Å². The van der Waals surface area contributed by atoms with Gasteiger partial charge in [0.25, 0.3) is 0 Å². The summed E-state index contributed by atoms with van der Waals surface area (Å²) >= 11 is 0. The molecule has 1 heterocycles. The quantitative estimate of drug-likeness (QED) is 0.196. The number of unbranched alkanes of at least 4 members (excludes halogenated alkanes) is 1. The molecule has 1 aliphatic heterocycles. The molecule has 0 saturated heterocycles. The van der Waals surface area contributed by atoms with Crippen molar-refractivity contribution in [2.75, 3.05) is 26.1 Å². The molecule has 0 aliphatic carbocycles. The summed E-state index contributed by atoms with van der Waals surface area (Å²) in [5.41, 5.74) is 4.28. The molecule has 204 valence electrons. The van der Waals surface area contributed by atoms with Gasteiger partial charge < -0.3 is 29.4 Å². The summed E-state index contributed by atoms with van der Waals surface area (Å²) in [6, 6.07) is 7.17. The van der Waals surface area contributed by atoms with Crippen LogP contribution in [0.1, 0.15) is 66.1 Å². The number of hydrogen-bond acceptors (Lipinski definition) is 7. The number of rotatable bonds is 14. The van der Waals surface area contributed by atoms with Crippen molar-refractivity contribution in [1.82, 2.24) is 0 Å². The van der Waals surface area contributed by atoms with Crippen LogP contribution in [0.15, 0.2) is 35.9 Å². The number of allylic oxidation sites excluding steroid dienone is 2. The van der Waals surface area contributed by atoms with Crippen LogP contribution >= 0.6 is 0 Å². The van der Waals surface area contributed by atoms with Gasteiger partial charge in [0.2, 0.25) is 5.91 Å². The van der Waals surface area contributed by atoms with Crippen LogP contribution in [0.5, 0.6) is 17.2 Å². The summed E-state index contributed by atoms with van der Waals surface area (Å²) in [4.78, 5) is 35.9. The fourth-order valence-electron chi connectivity index (χ4n) is 4.34. The van der Waals surface area contributed by atoms with Crippen LogP contribution in [0.3, 0.4) is 0 Å². The molecule has 2 aromatic rings. The number of hydrogen-bond donors (Lipinski definition) is 2. The van der Waals surface area contributed by atoms with Gasteiger partial charge in [0.05, 0.1) is 20.8 Å². The third-order valence-electron chi connectivity index (χ3n) is 6.41. The highest BCUT2D eigenvalue weighted by atomic mass is 16.5. The average molecular weight is 526 g/mol. The van der Waals surface area contributed by atoms with Gasteiger partial charge in [-0.15, -0.1) is 0 Å². The summed E-state index contributed by atoms with van der Waals surface area (Å²) in [7, 11) is 3.14. The first-order chi connectivity index (χ1) is 18.2. The Morgan fingerprint density at radius 1 is 1.11 bits per heavy atom. The molecule has 0 fully saturated rings. The Labute approximate surface area is 222 Å². The zero-order valence-electron chi connectivity index (χ0n) is 22.3. The van der Waals surface area contributed by atoms with E-state index in [1.54, 1.807) is 32.4 Å². The topological polar surface area (TPSA) is 120 Å². The molecule has 38 heavy (non-hydrogen) atoms. The van der Waals surface area contributed by atoms with Gasteiger partial charge in [0.15, 0.2) is 0 Å². The largest absolute Gasteiger partial charge is 0.497 e. The van der Waals surface area contributed by atoms with Crippen LogP contribution in [0, 0.1) is 6.92 Å². The molecular weight excluding hydrogens is 490 g/mol. The highest BCUT2D eigenvalue weighted by Crippen LogP contribution is 2.43. The highest BCUT2D eigenvalue weighted by Gasteiger charge is 2.33. The zero-order chi connectivity index (χ0) is 27.7. The van der Waals surface area contributed by atoms with E-state index in [1.807, 2.05) is 26.0 Å². The lowest BCUT2D eigenvalue weighted by molar-refractivity contribution is -0.137. The van der Waals surface area contributed by atoms with Crippen LogP contribution in [0.2, 0.25) is 0 Å². The molecule has 3 rings (SSSR count). The summed E-state index contributed by atoms with van der Waals surface area (Å²) in [5, 5.41) is 11.8. The number of benzene rings is 2. The molecule has 2 N–H and O–H groups in total. The number of nitrogens with one attached hydrogen (secondary N) is 1. The van der Waals surface area contributed by atoms with E-state index in [0.29, 0.717) is 72.8 Å². The van der Waals surface area contributed by atoms with E-state index in [1.165, 1.54) is 0 Å². The smallest absolute Gasteiger partial charge is 0.342 e. The number of anilines is 1. The van der Waals surface area contributed by atoms with Gasteiger partial charge in [0, 0.05) is 35.7 Å². The molecule has 0 unspecified atom stereocenters. The Morgan fingerprint density at radius 2 is 1.89 bits per heavy atom. The lowest BCUT2D eigenvalue weighted by Crippen LogP contribution is -2.12. The SMILES string of the molecule is COc1cccc(NC(=O)CCCCOc2c(CC=C(C)CCC(=O)O)c(OC)c(C)c3c2C(=O)OC3)c1. The van der Waals surface area contributed by atoms with Crippen molar-refractivity contribution in [2.45, 2.75) is 59.0 Å². The number of esters is 1. The summed E-state index contributed by atoms with van der Waals surface area (Å²) in [5.74, 6) is 0.310. The lowest BCUT2D eigenvalue weighted by atomic mass is 9.94. The molecule has 0 bridgehead atoms. The number of carboxylic acid groups (broad SMARTS) is 1. The number of cyclic esters (lactones) is 1. The van der Waals surface area contributed by atoms with Crippen molar-refractivity contribution < 1.29 is 38.4 Å². The van der Waals surface area contributed by atoms with Crippen molar-refractivity contribution in [1.29, 1.82) is 0 Å². The second-order valence-corrected chi connectivity index (χ2v) is 9.13. The summed E-state index contributed by atoms with van der Waals surface area (Å²) < 4.78 is 22.3. The van der Waals surface area contributed by atoms with Gasteiger partial charge >= 0.3 is 11.9 Å².